The molecule has 0 saturated heterocycles. The predicted molar refractivity (Wildman–Crippen MR) is 208 cm³/mol. The lowest BCUT2D eigenvalue weighted by Crippen LogP contribution is -2.36. The van der Waals surface area contributed by atoms with Crippen molar-refractivity contribution in [2.75, 3.05) is 0 Å². The summed E-state index contributed by atoms with van der Waals surface area (Å²) in [4.78, 5) is 0. The van der Waals surface area contributed by atoms with Gasteiger partial charge in [0.25, 0.3) is 0 Å². The molecule has 2 unspecified atom stereocenters. The molecule has 0 nitrogen and oxygen atoms in total. The Hall–Kier alpha value is -4.88. The first-order valence-corrected chi connectivity index (χ1v) is 16.5. The first kappa shape index (κ1) is 32.5. The summed E-state index contributed by atoms with van der Waals surface area (Å²) in [5.41, 5.74) is 5.03. The van der Waals surface area contributed by atoms with E-state index < -0.39 is 0 Å². The molecule has 46 heavy (non-hydrogen) atoms. The van der Waals surface area contributed by atoms with Crippen molar-refractivity contribution in [2.24, 2.45) is 5.92 Å². The van der Waals surface area contributed by atoms with E-state index in [4.69, 9.17) is 0 Å². The van der Waals surface area contributed by atoms with Crippen molar-refractivity contribution < 1.29 is 0 Å². The Labute approximate surface area is 276 Å². The van der Waals surface area contributed by atoms with Crippen LogP contribution in [-0.4, -0.2) is 6.71 Å². The van der Waals surface area contributed by atoms with Gasteiger partial charge >= 0.3 is 0 Å². The van der Waals surface area contributed by atoms with Crippen molar-refractivity contribution in [3.63, 3.8) is 0 Å². The molecule has 0 aromatic heterocycles. The molecule has 5 aromatic carbocycles. The molecule has 0 radical (unpaired) electrons. The highest BCUT2D eigenvalue weighted by molar-refractivity contribution is 6.75. The summed E-state index contributed by atoms with van der Waals surface area (Å²) in [6.07, 6.45) is 25.1. The maximum absolute atomic E-state index is 4.08. The van der Waals surface area contributed by atoms with E-state index >= 15 is 0 Å². The first-order chi connectivity index (χ1) is 22.5. The largest absolute Gasteiger partial charge is 0.187 e. The third-order valence-corrected chi connectivity index (χ3v) is 9.11. The van der Waals surface area contributed by atoms with Crippen LogP contribution < -0.4 is 5.46 Å². The molecule has 0 aliphatic rings. The fourth-order valence-corrected chi connectivity index (χ4v) is 6.58. The topological polar surface area (TPSA) is 0 Å². The second-order valence-electron chi connectivity index (χ2n) is 12.1. The molecule has 1 heteroatoms. The van der Waals surface area contributed by atoms with E-state index in [1.54, 1.807) is 0 Å². The number of benzene rings is 5. The van der Waals surface area contributed by atoms with Gasteiger partial charge in [0.1, 0.15) is 0 Å². The quantitative estimate of drug-likeness (QED) is 0.0582. The van der Waals surface area contributed by atoms with E-state index in [-0.39, 0.29) is 0 Å². The van der Waals surface area contributed by atoms with E-state index in [9.17, 15) is 0 Å². The molecule has 2 atom stereocenters. The average Bonchev–Trinajstić information content (AvgIpc) is 3.11. The van der Waals surface area contributed by atoms with Gasteiger partial charge in [-0.15, -0.1) is 6.58 Å². The van der Waals surface area contributed by atoms with E-state index in [1.807, 2.05) is 0 Å². The Kier molecular flexibility index (Phi) is 11.2. The van der Waals surface area contributed by atoms with Crippen LogP contribution in [-0.2, 0) is 0 Å². The molecule has 0 bridgehead atoms. The van der Waals surface area contributed by atoms with Gasteiger partial charge in [0.15, 0.2) is 6.71 Å². The molecule has 0 aliphatic heterocycles. The number of rotatable bonds is 12. The van der Waals surface area contributed by atoms with E-state index in [1.165, 1.54) is 54.5 Å². The number of hydrogen-bond donors (Lipinski definition) is 0. The Morgan fingerprint density at radius 1 is 0.717 bits per heavy atom. The van der Waals surface area contributed by atoms with Crippen LogP contribution in [0.5, 0.6) is 0 Å². The lowest BCUT2D eigenvalue weighted by molar-refractivity contribution is 0.731. The second-order valence-corrected chi connectivity index (χ2v) is 12.1. The van der Waals surface area contributed by atoms with Crippen LogP contribution in [0.1, 0.15) is 33.3 Å². The minimum absolute atomic E-state index is 0.401. The summed E-state index contributed by atoms with van der Waals surface area (Å²) < 4.78 is 0. The lowest BCUT2D eigenvalue weighted by Gasteiger charge is -2.25. The zero-order chi connectivity index (χ0) is 32.3. The minimum Gasteiger partial charge on any atom is -0.103 e. The smallest absolute Gasteiger partial charge is 0.103 e. The molecule has 0 heterocycles. The second kappa shape index (κ2) is 15.9. The molecule has 0 amide bonds. The molecule has 0 spiro atoms. The van der Waals surface area contributed by atoms with Crippen molar-refractivity contribution in [2.45, 2.75) is 39.8 Å². The SMILES string of the molecule is C=CC(C)C(/C=C\C)B(C\C=C/C=C(C)/C=C/C=C\C(=C/C)c1ccc2c3ccccc3c3ccccc3c2c1)c1ccccc1. The van der Waals surface area contributed by atoms with Crippen molar-refractivity contribution in [3.8, 4) is 0 Å². The zero-order valence-electron chi connectivity index (χ0n) is 27.7. The van der Waals surface area contributed by atoms with Gasteiger partial charge in [0.05, 0.1) is 0 Å². The molecule has 0 fully saturated rings. The Morgan fingerprint density at radius 2 is 1.30 bits per heavy atom. The van der Waals surface area contributed by atoms with Crippen LogP contribution in [0.25, 0.3) is 37.9 Å². The van der Waals surface area contributed by atoms with Crippen molar-refractivity contribution in [1.82, 2.24) is 0 Å². The van der Waals surface area contributed by atoms with E-state index in [2.05, 4.69) is 198 Å². The minimum atomic E-state index is 0.401. The number of hydrogen-bond acceptors (Lipinski definition) is 0. The Bertz CT molecular complexity index is 1950. The maximum atomic E-state index is 4.08. The van der Waals surface area contributed by atoms with E-state index in [0.717, 1.165) is 6.32 Å². The normalized spacial score (nSPS) is 14.4. The summed E-state index contributed by atoms with van der Waals surface area (Å²) in [7, 11) is 0. The van der Waals surface area contributed by atoms with Crippen LogP contribution in [0.15, 0.2) is 176 Å². The molecular weight excluding hydrogens is 551 g/mol. The monoisotopic (exact) mass is 596 g/mol. The van der Waals surface area contributed by atoms with Crippen LogP contribution in [0.4, 0.5) is 0 Å². The highest BCUT2D eigenvalue weighted by Gasteiger charge is 2.27. The van der Waals surface area contributed by atoms with Crippen molar-refractivity contribution in [3.05, 3.63) is 182 Å². The molecular formula is C45H45B. The van der Waals surface area contributed by atoms with Crippen LogP contribution in [0.2, 0.25) is 12.1 Å². The molecule has 0 N–H and O–H groups in total. The van der Waals surface area contributed by atoms with Gasteiger partial charge in [-0.1, -0.05) is 182 Å². The third kappa shape index (κ3) is 7.49. The zero-order valence-corrected chi connectivity index (χ0v) is 27.7. The van der Waals surface area contributed by atoms with Gasteiger partial charge < -0.3 is 0 Å². The number of allylic oxidation sites excluding steroid dienone is 13. The molecule has 228 valence electrons. The van der Waals surface area contributed by atoms with Gasteiger partial charge in [0, 0.05) is 0 Å². The van der Waals surface area contributed by atoms with Gasteiger partial charge in [-0.2, -0.15) is 0 Å². The van der Waals surface area contributed by atoms with Gasteiger partial charge in [-0.05, 0) is 82.0 Å². The number of fused-ring (bicyclic) bond motifs is 6. The van der Waals surface area contributed by atoms with Crippen LogP contribution >= 0.6 is 0 Å². The van der Waals surface area contributed by atoms with E-state index in [0.29, 0.717) is 18.4 Å². The first-order valence-electron chi connectivity index (χ1n) is 16.5. The predicted octanol–water partition coefficient (Wildman–Crippen LogP) is 12.3. The van der Waals surface area contributed by atoms with Crippen molar-refractivity contribution >= 4 is 50.1 Å². The third-order valence-electron chi connectivity index (χ3n) is 9.11. The van der Waals surface area contributed by atoms with Crippen LogP contribution in [0.3, 0.4) is 0 Å². The Morgan fingerprint density at radius 3 is 1.91 bits per heavy atom. The fraction of sp³-hybridized carbons (Fsp3) is 0.156. The maximum Gasteiger partial charge on any atom is 0.187 e. The molecule has 0 aliphatic carbocycles. The molecule has 5 aromatic rings. The van der Waals surface area contributed by atoms with Crippen molar-refractivity contribution in [1.29, 1.82) is 0 Å². The van der Waals surface area contributed by atoms with Gasteiger partial charge in [0.2, 0.25) is 0 Å². The van der Waals surface area contributed by atoms with Gasteiger partial charge in [-0.25, -0.2) is 0 Å². The Balaban J connectivity index is 1.30. The average molecular weight is 597 g/mol. The summed E-state index contributed by atoms with van der Waals surface area (Å²) in [6.45, 7) is 13.1. The molecule has 5 rings (SSSR count). The van der Waals surface area contributed by atoms with Gasteiger partial charge in [-0.3, -0.25) is 0 Å². The summed E-state index contributed by atoms with van der Waals surface area (Å²) in [6, 6.07) is 35.3. The summed E-state index contributed by atoms with van der Waals surface area (Å²) in [5, 5.41) is 7.82. The highest BCUT2D eigenvalue weighted by Crippen LogP contribution is 2.36. The summed E-state index contributed by atoms with van der Waals surface area (Å²) in [5.74, 6) is 0.809. The van der Waals surface area contributed by atoms with Crippen LogP contribution in [0, 0.1) is 5.92 Å². The standard InChI is InChI=1S/C45H45B/c1-6-20-45(35(5)7-2)46(38-24-10-9-11-25-38)32-19-18-22-34(4)21-12-13-23-36(8-3)37-30-31-43-41-28-15-14-26-39(41)40-27-16-17-29-42(40)44(43)33-37/h6-31,33,35,45H,2,32H2,1,3-5H3/b19-18-,20-6-,21-12+,23-13-,34-22+,36-8+. The fourth-order valence-electron chi connectivity index (χ4n) is 6.58. The lowest BCUT2D eigenvalue weighted by atomic mass is 9.33. The summed E-state index contributed by atoms with van der Waals surface area (Å²) >= 11 is 0. The highest BCUT2D eigenvalue weighted by atomic mass is 14.1. The molecule has 0 saturated carbocycles.